The molecule has 0 aromatic carbocycles. The van der Waals surface area contributed by atoms with Gasteiger partial charge in [-0.15, -0.1) is 0 Å². The molecular weight excluding hydrogens is 180 g/mol. The van der Waals surface area contributed by atoms with Gasteiger partial charge in [0.2, 0.25) is 11.9 Å². The van der Waals surface area contributed by atoms with E-state index in [1.165, 1.54) is 6.92 Å². The molecule has 0 bridgehead atoms. The molecule has 5 nitrogen and oxygen atoms in total. The number of anilines is 1. The zero-order chi connectivity index (χ0) is 10.4. The molecule has 2 N–H and O–H groups in total. The van der Waals surface area contributed by atoms with Crippen LogP contribution in [0.1, 0.15) is 13.8 Å². The number of rotatable bonds is 5. The molecule has 0 aliphatic carbocycles. The molecule has 0 saturated carbocycles. The minimum absolute atomic E-state index is 0.00867. The van der Waals surface area contributed by atoms with Crippen molar-refractivity contribution >= 4 is 11.9 Å². The maximum atomic E-state index is 10.6. The smallest absolute Gasteiger partial charge is 0.216 e. The van der Waals surface area contributed by atoms with Gasteiger partial charge in [0.05, 0.1) is 0 Å². The lowest BCUT2D eigenvalue weighted by Gasteiger charge is -2.07. The Morgan fingerprint density at radius 3 is 3.00 bits per heavy atom. The molecule has 0 aliphatic rings. The number of carbonyl (C=O) groups excluding carboxylic acids is 1. The second-order valence-corrected chi connectivity index (χ2v) is 2.95. The Morgan fingerprint density at radius 2 is 2.36 bits per heavy atom. The summed E-state index contributed by atoms with van der Waals surface area (Å²) in [6.07, 6.45) is 3.67. The molecule has 1 heterocycles. The van der Waals surface area contributed by atoms with Crippen LogP contribution in [0.4, 0.5) is 5.95 Å². The maximum Gasteiger partial charge on any atom is 0.216 e. The summed E-state index contributed by atoms with van der Waals surface area (Å²) < 4.78 is 2.01. The molecule has 1 amide bonds. The molecule has 1 rings (SSSR count). The monoisotopic (exact) mass is 196 g/mol. The van der Waals surface area contributed by atoms with Crippen LogP contribution in [-0.2, 0) is 11.3 Å². The molecule has 78 valence electrons. The number of aryl methyl sites for hydroxylation is 1. The van der Waals surface area contributed by atoms with Crippen LogP contribution in [0.5, 0.6) is 0 Å². The van der Waals surface area contributed by atoms with E-state index >= 15 is 0 Å². The summed E-state index contributed by atoms with van der Waals surface area (Å²) in [6, 6.07) is 0. The normalized spacial score (nSPS) is 9.86. The van der Waals surface area contributed by atoms with Gasteiger partial charge in [-0.25, -0.2) is 4.98 Å². The Balaban J connectivity index is 2.27. The molecule has 0 fully saturated rings. The highest BCUT2D eigenvalue weighted by atomic mass is 16.1. The summed E-state index contributed by atoms with van der Waals surface area (Å²) >= 11 is 0. The van der Waals surface area contributed by atoms with Crippen LogP contribution >= 0.6 is 0 Å². The number of hydrogen-bond donors (Lipinski definition) is 2. The number of carbonyl (C=O) groups is 1. The molecule has 14 heavy (non-hydrogen) atoms. The molecule has 0 spiro atoms. The van der Waals surface area contributed by atoms with Crippen molar-refractivity contribution in [3.05, 3.63) is 12.4 Å². The van der Waals surface area contributed by atoms with Crippen molar-refractivity contribution in [1.82, 2.24) is 14.9 Å². The maximum absolute atomic E-state index is 10.6. The Kier molecular flexibility index (Phi) is 3.97. The van der Waals surface area contributed by atoms with Crippen LogP contribution in [0, 0.1) is 0 Å². The van der Waals surface area contributed by atoms with Crippen molar-refractivity contribution < 1.29 is 4.79 Å². The molecule has 1 aromatic rings. The van der Waals surface area contributed by atoms with Crippen molar-refractivity contribution in [3.63, 3.8) is 0 Å². The minimum Gasteiger partial charge on any atom is -0.355 e. The van der Waals surface area contributed by atoms with Gasteiger partial charge in [0.15, 0.2) is 0 Å². The van der Waals surface area contributed by atoms with Crippen LogP contribution in [0.3, 0.4) is 0 Å². The number of nitrogens with one attached hydrogen (secondary N) is 2. The zero-order valence-electron chi connectivity index (χ0n) is 8.58. The summed E-state index contributed by atoms with van der Waals surface area (Å²) in [5, 5.41) is 5.84. The molecule has 5 heteroatoms. The molecule has 1 aromatic heterocycles. The first-order chi connectivity index (χ1) is 6.74. The van der Waals surface area contributed by atoms with Gasteiger partial charge < -0.3 is 15.2 Å². The predicted octanol–water partition coefficient (Wildman–Crippen LogP) is 0.451. The van der Waals surface area contributed by atoms with E-state index in [2.05, 4.69) is 22.5 Å². The van der Waals surface area contributed by atoms with E-state index in [9.17, 15) is 4.79 Å². The van der Waals surface area contributed by atoms with E-state index in [1.807, 2.05) is 10.8 Å². The van der Waals surface area contributed by atoms with Crippen molar-refractivity contribution in [2.75, 3.05) is 18.4 Å². The lowest BCUT2D eigenvalue weighted by molar-refractivity contribution is -0.118. The van der Waals surface area contributed by atoms with Crippen LogP contribution in [0.2, 0.25) is 0 Å². The fraction of sp³-hybridized carbons (Fsp3) is 0.556. The van der Waals surface area contributed by atoms with E-state index in [0.29, 0.717) is 13.1 Å². The molecule has 0 atom stereocenters. The topological polar surface area (TPSA) is 59.0 Å². The summed E-state index contributed by atoms with van der Waals surface area (Å²) in [7, 11) is 0. The highest BCUT2D eigenvalue weighted by molar-refractivity contribution is 5.72. The van der Waals surface area contributed by atoms with Gasteiger partial charge in [-0.2, -0.15) is 0 Å². The van der Waals surface area contributed by atoms with Gasteiger partial charge in [-0.1, -0.05) is 0 Å². The van der Waals surface area contributed by atoms with E-state index in [0.717, 1.165) is 12.5 Å². The first-order valence-corrected chi connectivity index (χ1v) is 4.73. The van der Waals surface area contributed by atoms with Gasteiger partial charge in [-0.3, -0.25) is 4.79 Å². The third kappa shape index (κ3) is 3.08. The average molecular weight is 196 g/mol. The van der Waals surface area contributed by atoms with Gasteiger partial charge in [0.1, 0.15) is 0 Å². The van der Waals surface area contributed by atoms with Gasteiger partial charge in [-0.05, 0) is 6.92 Å². The van der Waals surface area contributed by atoms with Gasteiger partial charge in [0.25, 0.3) is 0 Å². The van der Waals surface area contributed by atoms with Gasteiger partial charge >= 0.3 is 0 Å². The van der Waals surface area contributed by atoms with Crippen molar-refractivity contribution in [2.24, 2.45) is 0 Å². The van der Waals surface area contributed by atoms with Crippen LogP contribution in [-0.4, -0.2) is 28.5 Å². The molecular formula is C9H16N4O. The fourth-order valence-electron chi connectivity index (χ4n) is 1.14. The fourth-order valence-corrected chi connectivity index (χ4v) is 1.14. The first-order valence-electron chi connectivity index (χ1n) is 4.73. The predicted molar refractivity (Wildman–Crippen MR) is 55.1 cm³/mol. The largest absolute Gasteiger partial charge is 0.355 e. The van der Waals surface area contributed by atoms with Crippen LogP contribution in [0.15, 0.2) is 12.4 Å². The third-order valence-electron chi connectivity index (χ3n) is 1.84. The van der Waals surface area contributed by atoms with E-state index in [4.69, 9.17) is 0 Å². The molecule has 0 saturated heterocycles. The summed E-state index contributed by atoms with van der Waals surface area (Å²) in [5.41, 5.74) is 0. The summed E-state index contributed by atoms with van der Waals surface area (Å²) in [4.78, 5) is 14.7. The van der Waals surface area contributed by atoms with Crippen molar-refractivity contribution in [1.29, 1.82) is 0 Å². The Hall–Kier alpha value is -1.52. The van der Waals surface area contributed by atoms with E-state index < -0.39 is 0 Å². The Morgan fingerprint density at radius 1 is 1.57 bits per heavy atom. The lowest BCUT2D eigenvalue weighted by Crippen LogP contribution is -2.26. The first kappa shape index (κ1) is 10.6. The summed E-state index contributed by atoms with van der Waals surface area (Å²) in [6.45, 7) is 5.76. The van der Waals surface area contributed by atoms with Crippen LogP contribution < -0.4 is 10.6 Å². The van der Waals surface area contributed by atoms with E-state index in [1.54, 1.807) is 6.20 Å². The second kappa shape index (κ2) is 5.26. The van der Waals surface area contributed by atoms with E-state index in [-0.39, 0.29) is 5.91 Å². The van der Waals surface area contributed by atoms with Gasteiger partial charge in [0, 0.05) is 39.0 Å². The van der Waals surface area contributed by atoms with Crippen LogP contribution in [0.25, 0.3) is 0 Å². The number of amides is 1. The zero-order valence-corrected chi connectivity index (χ0v) is 8.58. The third-order valence-corrected chi connectivity index (χ3v) is 1.84. The highest BCUT2D eigenvalue weighted by Gasteiger charge is 1.98. The quantitative estimate of drug-likeness (QED) is 0.672. The number of nitrogens with zero attached hydrogens (tertiary/aromatic N) is 2. The van der Waals surface area contributed by atoms with Crippen molar-refractivity contribution in [3.8, 4) is 0 Å². The number of imidazole rings is 1. The number of hydrogen-bond acceptors (Lipinski definition) is 3. The molecule has 0 unspecified atom stereocenters. The summed E-state index contributed by atoms with van der Waals surface area (Å²) in [5.74, 6) is 0.837. The van der Waals surface area contributed by atoms with Crippen molar-refractivity contribution in [2.45, 2.75) is 20.4 Å². The molecule has 0 aliphatic heterocycles. The Bertz CT molecular complexity index is 295. The average Bonchev–Trinajstić information content (AvgIpc) is 2.59. The number of aromatic nitrogens is 2. The lowest BCUT2D eigenvalue weighted by atomic mass is 10.5. The second-order valence-electron chi connectivity index (χ2n) is 2.95. The molecule has 0 radical (unpaired) electrons. The Labute approximate surface area is 83.5 Å². The minimum atomic E-state index is -0.00867. The SMILES string of the molecule is CCn1ccnc1NCCNC(C)=O. The standard InChI is InChI=1S/C9H16N4O/c1-3-13-7-6-12-9(13)11-5-4-10-8(2)14/h6-7H,3-5H2,1-2H3,(H,10,14)(H,11,12). The highest BCUT2D eigenvalue weighted by Crippen LogP contribution is 2.02.